The highest BCUT2D eigenvalue weighted by Gasteiger charge is 2.20. The second-order valence-corrected chi connectivity index (χ2v) is 7.10. The molecule has 1 aromatic heterocycles. The Bertz CT molecular complexity index is 641. The monoisotopic (exact) mass is 318 g/mol. The molecule has 2 unspecified atom stereocenters. The number of rotatable bonds is 6. The van der Waals surface area contributed by atoms with Crippen LogP contribution in [0.15, 0.2) is 35.2 Å². The lowest BCUT2D eigenvalue weighted by atomic mass is 10.1. The summed E-state index contributed by atoms with van der Waals surface area (Å²) >= 11 is 0. The number of hydrogen-bond donors (Lipinski definition) is 1. The first-order valence-corrected chi connectivity index (χ1v) is 9.17. The first kappa shape index (κ1) is 15.4. The molecule has 2 aromatic rings. The van der Waals surface area contributed by atoms with Gasteiger partial charge in [0.05, 0.1) is 17.3 Å². The van der Waals surface area contributed by atoms with Crippen molar-refractivity contribution in [3.05, 3.63) is 42.0 Å². The molecule has 2 heterocycles. The molecule has 1 aliphatic heterocycles. The second-order valence-electron chi connectivity index (χ2n) is 5.53. The van der Waals surface area contributed by atoms with Crippen molar-refractivity contribution in [1.82, 2.24) is 20.1 Å². The maximum Gasteiger partial charge on any atom is 0.150 e. The molecule has 0 aliphatic carbocycles. The van der Waals surface area contributed by atoms with E-state index in [0.29, 0.717) is 11.8 Å². The van der Waals surface area contributed by atoms with E-state index in [-0.39, 0.29) is 0 Å². The molecule has 0 spiro atoms. The van der Waals surface area contributed by atoms with Crippen LogP contribution in [0.25, 0.3) is 0 Å². The van der Waals surface area contributed by atoms with E-state index >= 15 is 0 Å². The molecule has 22 heavy (non-hydrogen) atoms. The van der Waals surface area contributed by atoms with Crippen molar-refractivity contribution in [2.24, 2.45) is 0 Å². The van der Waals surface area contributed by atoms with Gasteiger partial charge in [0.1, 0.15) is 5.82 Å². The predicted molar refractivity (Wildman–Crippen MR) is 87.2 cm³/mol. The zero-order valence-corrected chi connectivity index (χ0v) is 13.7. The van der Waals surface area contributed by atoms with Gasteiger partial charge in [0.25, 0.3) is 0 Å². The Balaban J connectivity index is 1.48. The predicted octanol–water partition coefficient (Wildman–Crippen LogP) is 1.55. The van der Waals surface area contributed by atoms with Crippen LogP contribution in [0, 0.1) is 0 Å². The van der Waals surface area contributed by atoms with Crippen LogP contribution in [0.3, 0.4) is 0 Å². The Morgan fingerprint density at radius 1 is 1.36 bits per heavy atom. The van der Waals surface area contributed by atoms with E-state index in [1.54, 1.807) is 0 Å². The molecule has 5 nitrogen and oxygen atoms in total. The Morgan fingerprint density at radius 3 is 2.95 bits per heavy atom. The Morgan fingerprint density at radius 2 is 2.18 bits per heavy atom. The molecule has 0 fully saturated rings. The largest absolute Gasteiger partial charge is 0.311 e. The van der Waals surface area contributed by atoms with E-state index in [4.69, 9.17) is 0 Å². The number of hydrogen-bond acceptors (Lipinski definition) is 4. The van der Waals surface area contributed by atoms with Gasteiger partial charge in [0.15, 0.2) is 5.82 Å². The van der Waals surface area contributed by atoms with Crippen LogP contribution >= 0.6 is 0 Å². The molecule has 118 valence electrons. The fraction of sp³-hybridized carbons (Fsp3) is 0.500. The van der Waals surface area contributed by atoms with Gasteiger partial charge in [0, 0.05) is 36.1 Å². The third-order valence-corrected chi connectivity index (χ3v) is 5.32. The molecule has 6 heteroatoms. The molecule has 0 radical (unpaired) electrons. The first-order valence-electron chi connectivity index (χ1n) is 7.85. The summed E-state index contributed by atoms with van der Waals surface area (Å²) in [6, 6.07) is 10.0. The van der Waals surface area contributed by atoms with Gasteiger partial charge >= 0.3 is 0 Å². The number of aryl methyl sites for hydroxylation is 2. The van der Waals surface area contributed by atoms with Crippen molar-refractivity contribution in [2.75, 3.05) is 12.3 Å². The van der Waals surface area contributed by atoms with Crippen LogP contribution in [0.2, 0.25) is 0 Å². The molecular formula is C16H22N4OS. The van der Waals surface area contributed by atoms with Crippen LogP contribution in [0.1, 0.15) is 25.0 Å². The van der Waals surface area contributed by atoms with Gasteiger partial charge < -0.3 is 5.32 Å². The van der Waals surface area contributed by atoms with E-state index in [1.165, 1.54) is 0 Å². The van der Waals surface area contributed by atoms with Crippen molar-refractivity contribution in [1.29, 1.82) is 0 Å². The fourth-order valence-electron chi connectivity index (χ4n) is 2.72. The van der Waals surface area contributed by atoms with Crippen LogP contribution in [0.5, 0.6) is 0 Å². The highest BCUT2D eigenvalue weighted by atomic mass is 32.2. The van der Waals surface area contributed by atoms with E-state index in [0.717, 1.165) is 48.9 Å². The minimum atomic E-state index is -0.927. The summed E-state index contributed by atoms with van der Waals surface area (Å²) in [5.74, 6) is 2.67. The number of fused-ring (bicyclic) bond motifs is 1. The molecule has 1 aromatic carbocycles. The summed E-state index contributed by atoms with van der Waals surface area (Å²) in [5, 5.41) is 8.02. The summed E-state index contributed by atoms with van der Waals surface area (Å²) in [4.78, 5) is 5.43. The van der Waals surface area contributed by atoms with Gasteiger partial charge in [-0.25, -0.2) is 9.67 Å². The second kappa shape index (κ2) is 7.15. The molecule has 2 atom stereocenters. The van der Waals surface area contributed by atoms with Gasteiger partial charge in [-0.3, -0.25) is 4.21 Å². The molecule has 3 rings (SSSR count). The molecule has 1 aliphatic rings. The average molecular weight is 318 g/mol. The highest BCUT2D eigenvalue weighted by molar-refractivity contribution is 7.85. The maximum atomic E-state index is 12.2. The van der Waals surface area contributed by atoms with Gasteiger partial charge in [-0.2, -0.15) is 5.10 Å². The SMILES string of the molecule is CCc1nc2n(n1)CC(NCCS(=O)c1ccccc1)CC2. The molecule has 0 saturated carbocycles. The Hall–Kier alpha value is -1.53. The Kier molecular flexibility index (Phi) is 5.00. The summed E-state index contributed by atoms with van der Waals surface area (Å²) in [7, 11) is -0.927. The lowest BCUT2D eigenvalue weighted by Crippen LogP contribution is -2.39. The summed E-state index contributed by atoms with van der Waals surface area (Å²) in [5.41, 5.74) is 0. The standard InChI is InChI=1S/C16H22N4OS/c1-2-15-18-16-9-8-13(12-20(16)19-15)17-10-11-22(21)14-6-4-3-5-7-14/h3-7,13,17H,2,8-12H2,1H3. The summed E-state index contributed by atoms with van der Waals surface area (Å²) in [6.07, 6.45) is 2.92. The molecule has 0 saturated heterocycles. The van der Waals surface area contributed by atoms with Gasteiger partial charge in [0.2, 0.25) is 0 Å². The number of nitrogens with one attached hydrogen (secondary N) is 1. The number of benzene rings is 1. The smallest absolute Gasteiger partial charge is 0.150 e. The van der Waals surface area contributed by atoms with Crippen LogP contribution in [-0.2, 0) is 30.2 Å². The highest BCUT2D eigenvalue weighted by Crippen LogP contribution is 2.13. The topological polar surface area (TPSA) is 59.8 Å². The minimum absolute atomic E-state index is 0.395. The van der Waals surface area contributed by atoms with Crippen molar-refractivity contribution >= 4 is 10.8 Å². The molecular weight excluding hydrogens is 296 g/mol. The summed E-state index contributed by atoms with van der Waals surface area (Å²) in [6.45, 7) is 3.70. The van der Waals surface area contributed by atoms with Gasteiger partial charge in [-0.05, 0) is 18.6 Å². The van der Waals surface area contributed by atoms with Crippen LogP contribution < -0.4 is 5.32 Å². The van der Waals surface area contributed by atoms with E-state index < -0.39 is 10.8 Å². The van der Waals surface area contributed by atoms with Crippen molar-refractivity contribution in [3.63, 3.8) is 0 Å². The summed E-state index contributed by atoms with van der Waals surface area (Å²) < 4.78 is 14.2. The molecule has 0 amide bonds. The zero-order valence-electron chi connectivity index (χ0n) is 12.9. The first-order chi connectivity index (χ1) is 10.8. The third-order valence-electron chi connectivity index (χ3n) is 3.94. The van der Waals surface area contributed by atoms with E-state index in [9.17, 15) is 4.21 Å². The lowest BCUT2D eigenvalue weighted by Gasteiger charge is -2.23. The maximum absolute atomic E-state index is 12.2. The average Bonchev–Trinajstić information content (AvgIpc) is 2.98. The van der Waals surface area contributed by atoms with E-state index in [1.807, 2.05) is 35.0 Å². The molecule has 0 bridgehead atoms. The zero-order chi connectivity index (χ0) is 15.4. The minimum Gasteiger partial charge on any atom is -0.311 e. The van der Waals surface area contributed by atoms with Gasteiger partial charge in [-0.15, -0.1) is 0 Å². The quantitative estimate of drug-likeness (QED) is 0.878. The number of aromatic nitrogens is 3. The van der Waals surface area contributed by atoms with Crippen molar-refractivity contribution < 1.29 is 4.21 Å². The van der Waals surface area contributed by atoms with Crippen molar-refractivity contribution in [2.45, 2.75) is 43.7 Å². The van der Waals surface area contributed by atoms with Crippen LogP contribution in [-0.4, -0.2) is 37.3 Å². The fourth-order valence-corrected chi connectivity index (χ4v) is 3.72. The normalized spacial score (nSPS) is 18.9. The number of nitrogens with zero attached hydrogens (tertiary/aromatic N) is 3. The van der Waals surface area contributed by atoms with E-state index in [2.05, 4.69) is 22.3 Å². The van der Waals surface area contributed by atoms with Crippen molar-refractivity contribution in [3.8, 4) is 0 Å². The third kappa shape index (κ3) is 3.62. The Labute approximate surface area is 133 Å². The van der Waals surface area contributed by atoms with Crippen LogP contribution in [0.4, 0.5) is 0 Å². The van der Waals surface area contributed by atoms with Gasteiger partial charge in [-0.1, -0.05) is 25.1 Å². The lowest BCUT2D eigenvalue weighted by molar-refractivity contribution is 0.365. The molecule has 1 N–H and O–H groups in total.